The SMILES string of the molecule is COC(=O)C1CCN(C(=O)CNC(=O)c2ccccc2C)CC1. The molecule has 1 saturated heterocycles. The van der Waals surface area contributed by atoms with E-state index in [0.29, 0.717) is 31.5 Å². The number of carbonyl (C=O) groups excluding carboxylic acids is 3. The molecule has 0 bridgehead atoms. The van der Waals surface area contributed by atoms with Gasteiger partial charge < -0.3 is 15.0 Å². The van der Waals surface area contributed by atoms with E-state index in [2.05, 4.69) is 5.32 Å². The molecule has 2 amide bonds. The second kappa shape index (κ2) is 7.76. The Morgan fingerprint density at radius 1 is 1.22 bits per heavy atom. The van der Waals surface area contributed by atoms with Crippen molar-refractivity contribution in [3.05, 3.63) is 35.4 Å². The van der Waals surface area contributed by atoms with Crippen LogP contribution in [0.1, 0.15) is 28.8 Å². The van der Waals surface area contributed by atoms with Crippen LogP contribution in [0.4, 0.5) is 0 Å². The van der Waals surface area contributed by atoms with Crippen LogP contribution in [0.5, 0.6) is 0 Å². The molecule has 0 radical (unpaired) electrons. The van der Waals surface area contributed by atoms with Gasteiger partial charge in [-0.25, -0.2) is 0 Å². The van der Waals surface area contributed by atoms with Crippen LogP contribution in [0.3, 0.4) is 0 Å². The second-order valence-corrected chi connectivity index (χ2v) is 5.68. The van der Waals surface area contributed by atoms with Crippen LogP contribution >= 0.6 is 0 Å². The molecule has 6 heteroatoms. The smallest absolute Gasteiger partial charge is 0.308 e. The Hall–Kier alpha value is -2.37. The zero-order chi connectivity index (χ0) is 16.8. The molecule has 0 unspecified atom stereocenters. The largest absolute Gasteiger partial charge is 0.469 e. The van der Waals surface area contributed by atoms with Crippen LogP contribution in [-0.4, -0.2) is 49.4 Å². The average Bonchev–Trinajstić information content (AvgIpc) is 2.59. The van der Waals surface area contributed by atoms with Crippen molar-refractivity contribution in [3.63, 3.8) is 0 Å². The van der Waals surface area contributed by atoms with E-state index in [1.165, 1.54) is 7.11 Å². The number of carbonyl (C=O) groups is 3. The predicted molar refractivity (Wildman–Crippen MR) is 84.8 cm³/mol. The molecule has 1 aromatic carbocycles. The van der Waals surface area contributed by atoms with Crippen molar-refractivity contribution in [2.45, 2.75) is 19.8 Å². The summed E-state index contributed by atoms with van der Waals surface area (Å²) < 4.78 is 4.73. The molecule has 0 aromatic heterocycles. The highest BCUT2D eigenvalue weighted by Gasteiger charge is 2.27. The van der Waals surface area contributed by atoms with E-state index in [-0.39, 0.29) is 30.2 Å². The molecular weight excluding hydrogens is 296 g/mol. The van der Waals surface area contributed by atoms with Crippen LogP contribution in [-0.2, 0) is 14.3 Å². The molecule has 23 heavy (non-hydrogen) atoms. The normalized spacial score (nSPS) is 15.1. The molecule has 2 rings (SSSR count). The lowest BCUT2D eigenvalue weighted by Crippen LogP contribution is -2.45. The lowest BCUT2D eigenvalue weighted by atomic mass is 9.97. The third-order valence-corrected chi connectivity index (χ3v) is 4.17. The summed E-state index contributed by atoms with van der Waals surface area (Å²) in [5.41, 5.74) is 1.45. The van der Waals surface area contributed by atoms with Gasteiger partial charge in [0.1, 0.15) is 0 Å². The molecule has 0 aliphatic carbocycles. The first-order chi connectivity index (χ1) is 11.0. The fourth-order valence-electron chi connectivity index (χ4n) is 2.72. The number of nitrogens with one attached hydrogen (secondary N) is 1. The van der Waals surface area contributed by atoms with Crippen molar-refractivity contribution >= 4 is 17.8 Å². The first-order valence-corrected chi connectivity index (χ1v) is 7.72. The maximum absolute atomic E-state index is 12.2. The number of benzene rings is 1. The van der Waals surface area contributed by atoms with Gasteiger partial charge in [-0.3, -0.25) is 14.4 Å². The van der Waals surface area contributed by atoms with E-state index in [1.807, 2.05) is 19.1 Å². The van der Waals surface area contributed by atoms with Gasteiger partial charge in [-0.2, -0.15) is 0 Å². The number of likely N-dealkylation sites (tertiary alicyclic amines) is 1. The van der Waals surface area contributed by atoms with Gasteiger partial charge in [0.05, 0.1) is 19.6 Å². The van der Waals surface area contributed by atoms with Crippen molar-refractivity contribution in [3.8, 4) is 0 Å². The summed E-state index contributed by atoms with van der Waals surface area (Å²) in [6.07, 6.45) is 1.20. The van der Waals surface area contributed by atoms with Gasteiger partial charge in [0.25, 0.3) is 5.91 Å². The molecule has 0 saturated carbocycles. The third kappa shape index (κ3) is 4.31. The summed E-state index contributed by atoms with van der Waals surface area (Å²) in [5, 5.41) is 2.66. The van der Waals surface area contributed by atoms with Gasteiger partial charge in [0.15, 0.2) is 0 Å². The number of amides is 2. The molecule has 1 aromatic rings. The Bertz CT molecular complexity index is 592. The standard InChI is InChI=1S/C17H22N2O4/c1-12-5-3-4-6-14(12)16(21)18-11-15(20)19-9-7-13(8-10-19)17(22)23-2/h3-6,13H,7-11H2,1-2H3,(H,18,21). The summed E-state index contributed by atoms with van der Waals surface area (Å²) in [5.74, 6) is -0.730. The van der Waals surface area contributed by atoms with Crippen LogP contribution in [0, 0.1) is 12.8 Å². The fourth-order valence-corrected chi connectivity index (χ4v) is 2.72. The van der Waals surface area contributed by atoms with Crippen molar-refractivity contribution in [1.29, 1.82) is 0 Å². The van der Waals surface area contributed by atoms with E-state index < -0.39 is 0 Å². The zero-order valence-electron chi connectivity index (χ0n) is 13.5. The third-order valence-electron chi connectivity index (χ3n) is 4.17. The Balaban J connectivity index is 1.81. The van der Waals surface area contributed by atoms with Gasteiger partial charge in [-0.05, 0) is 31.4 Å². The van der Waals surface area contributed by atoms with Crippen molar-refractivity contribution < 1.29 is 19.1 Å². The van der Waals surface area contributed by atoms with Gasteiger partial charge in [0, 0.05) is 18.7 Å². The van der Waals surface area contributed by atoms with E-state index in [0.717, 1.165) is 5.56 Å². The van der Waals surface area contributed by atoms with Gasteiger partial charge in [-0.15, -0.1) is 0 Å². The minimum absolute atomic E-state index is 0.0317. The maximum Gasteiger partial charge on any atom is 0.308 e. The van der Waals surface area contributed by atoms with Crippen molar-refractivity contribution in [1.82, 2.24) is 10.2 Å². The molecule has 124 valence electrons. The highest BCUT2D eigenvalue weighted by Crippen LogP contribution is 2.18. The van der Waals surface area contributed by atoms with E-state index in [1.54, 1.807) is 17.0 Å². The second-order valence-electron chi connectivity index (χ2n) is 5.68. The molecule has 1 fully saturated rings. The average molecular weight is 318 g/mol. The molecular formula is C17H22N2O4. The highest BCUT2D eigenvalue weighted by molar-refractivity contribution is 5.97. The van der Waals surface area contributed by atoms with Crippen molar-refractivity contribution in [2.24, 2.45) is 5.92 Å². The minimum Gasteiger partial charge on any atom is -0.469 e. The number of aryl methyl sites for hydroxylation is 1. The number of hydrogen-bond acceptors (Lipinski definition) is 4. The number of piperidine rings is 1. The van der Waals surface area contributed by atoms with Crippen LogP contribution in [0.25, 0.3) is 0 Å². The number of hydrogen-bond donors (Lipinski definition) is 1. The lowest BCUT2D eigenvalue weighted by Gasteiger charge is -2.30. The number of methoxy groups -OCH3 is 1. The monoisotopic (exact) mass is 318 g/mol. The lowest BCUT2D eigenvalue weighted by molar-refractivity contribution is -0.148. The maximum atomic E-state index is 12.2. The van der Waals surface area contributed by atoms with Gasteiger partial charge in [-0.1, -0.05) is 18.2 Å². The summed E-state index contributed by atoms with van der Waals surface area (Å²) in [4.78, 5) is 37.4. The predicted octanol–water partition coefficient (Wildman–Crippen LogP) is 1.14. The molecule has 1 aliphatic heterocycles. The Morgan fingerprint density at radius 2 is 1.87 bits per heavy atom. The summed E-state index contributed by atoms with van der Waals surface area (Å²) in [6, 6.07) is 7.25. The number of rotatable bonds is 4. The Labute approximate surface area is 135 Å². The molecule has 0 atom stereocenters. The molecule has 6 nitrogen and oxygen atoms in total. The van der Waals surface area contributed by atoms with E-state index in [9.17, 15) is 14.4 Å². The first-order valence-electron chi connectivity index (χ1n) is 7.72. The quantitative estimate of drug-likeness (QED) is 0.845. The molecule has 1 heterocycles. The topological polar surface area (TPSA) is 75.7 Å². The van der Waals surface area contributed by atoms with Crippen molar-refractivity contribution in [2.75, 3.05) is 26.7 Å². The van der Waals surface area contributed by atoms with Crippen LogP contribution in [0.2, 0.25) is 0 Å². The van der Waals surface area contributed by atoms with Gasteiger partial charge in [0.2, 0.25) is 5.91 Å². The fraction of sp³-hybridized carbons (Fsp3) is 0.471. The zero-order valence-corrected chi connectivity index (χ0v) is 13.5. The number of esters is 1. The number of ether oxygens (including phenoxy) is 1. The molecule has 1 N–H and O–H groups in total. The van der Waals surface area contributed by atoms with E-state index >= 15 is 0 Å². The van der Waals surface area contributed by atoms with Crippen LogP contribution < -0.4 is 5.32 Å². The van der Waals surface area contributed by atoms with Crippen LogP contribution in [0.15, 0.2) is 24.3 Å². The highest BCUT2D eigenvalue weighted by atomic mass is 16.5. The summed E-state index contributed by atoms with van der Waals surface area (Å²) in [7, 11) is 1.38. The minimum atomic E-state index is -0.249. The first kappa shape index (κ1) is 17.0. The Kier molecular flexibility index (Phi) is 5.73. The molecule has 1 aliphatic rings. The summed E-state index contributed by atoms with van der Waals surface area (Å²) in [6.45, 7) is 2.85. The van der Waals surface area contributed by atoms with E-state index in [4.69, 9.17) is 4.74 Å². The Morgan fingerprint density at radius 3 is 2.48 bits per heavy atom. The number of nitrogens with zero attached hydrogens (tertiary/aromatic N) is 1. The van der Waals surface area contributed by atoms with Gasteiger partial charge >= 0.3 is 5.97 Å². The summed E-state index contributed by atoms with van der Waals surface area (Å²) >= 11 is 0. The molecule has 0 spiro atoms.